The van der Waals surface area contributed by atoms with Crippen molar-refractivity contribution in [2.75, 3.05) is 0 Å². The number of hydrogen-bond donors (Lipinski definition) is 0. The van der Waals surface area contributed by atoms with Crippen LogP contribution in [0.3, 0.4) is 0 Å². The number of rotatable bonds is 0. The minimum absolute atomic E-state index is 0.222. The van der Waals surface area contributed by atoms with Crippen LogP contribution in [0.15, 0.2) is 36.5 Å². The standard InChI is InChI=1S/C17H19N.S5/c1-17(2,3)14-8-9-15-13(11-14)7-6-12-5-4-10-18-16(12)15;1-3-5-4-2/h4-5,8-11H,6-7H2,1-3H3;. The second-order valence-electron chi connectivity index (χ2n) is 6.34. The van der Waals surface area contributed by atoms with Gasteiger partial charge in [-0.1, -0.05) is 45.0 Å². The molecule has 0 radical (unpaired) electrons. The molecule has 0 unspecified atom stereocenters. The molecule has 0 amide bonds. The van der Waals surface area contributed by atoms with Gasteiger partial charge in [-0.15, -0.1) is 0 Å². The fourth-order valence-corrected chi connectivity index (χ4v) is 5.41. The van der Waals surface area contributed by atoms with Crippen molar-refractivity contribution in [3.05, 3.63) is 53.2 Å². The summed E-state index contributed by atoms with van der Waals surface area (Å²) in [6.07, 6.45) is 4.15. The highest BCUT2D eigenvalue weighted by Gasteiger charge is 2.20. The van der Waals surface area contributed by atoms with Crippen LogP contribution in [0.2, 0.25) is 0 Å². The maximum absolute atomic E-state index is 4.55. The lowest BCUT2D eigenvalue weighted by molar-refractivity contribution is 0.589. The lowest BCUT2D eigenvalue weighted by Gasteiger charge is -2.24. The fourth-order valence-electron chi connectivity index (χ4n) is 2.66. The summed E-state index contributed by atoms with van der Waals surface area (Å²) in [4.78, 5) is 4.55. The van der Waals surface area contributed by atoms with Gasteiger partial charge in [0, 0.05) is 60.8 Å². The summed E-state index contributed by atoms with van der Waals surface area (Å²) in [6, 6.07) is 11.1. The van der Waals surface area contributed by atoms with E-state index in [-0.39, 0.29) is 5.41 Å². The molecule has 6 heteroatoms. The molecule has 122 valence electrons. The number of hydrogen-bond acceptors (Lipinski definition) is 3. The van der Waals surface area contributed by atoms with Crippen molar-refractivity contribution in [3.8, 4) is 11.3 Å². The van der Waals surface area contributed by atoms with Gasteiger partial charge in [0.2, 0.25) is 0 Å². The molecule has 0 N–H and O–H groups in total. The van der Waals surface area contributed by atoms with Crippen LogP contribution in [0.5, 0.6) is 0 Å². The largest absolute Gasteiger partial charge is 0.256 e. The lowest BCUT2D eigenvalue weighted by atomic mass is 9.81. The molecule has 0 spiro atoms. The number of aryl methyl sites for hydroxylation is 2. The Bertz CT molecular complexity index is 809. The van der Waals surface area contributed by atoms with Crippen LogP contribution in [0.25, 0.3) is 11.3 Å². The third kappa shape index (κ3) is 4.97. The molecule has 1 aliphatic carbocycles. The number of aromatic nitrogens is 1. The van der Waals surface area contributed by atoms with Gasteiger partial charge in [-0.05, 0) is 41.0 Å². The van der Waals surface area contributed by atoms with E-state index in [9.17, 15) is 0 Å². The molecule has 2 aromatic rings. The summed E-state index contributed by atoms with van der Waals surface area (Å²) in [7, 11) is 3.95. The topological polar surface area (TPSA) is 12.9 Å². The zero-order valence-electron chi connectivity index (χ0n) is 13.4. The summed E-state index contributed by atoms with van der Waals surface area (Å²) >= 11 is 8.89. The molecule has 0 aliphatic heterocycles. The van der Waals surface area contributed by atoms with E-state index in [4.69, 9.17) is 0 Å². The summed E-state index contributed by atoms with van der Waals surface area (Å²) in [6.45, 7) is 6.80. The van der Waals surface area contributed by atoms with Gasteiger partial charge in [0.25, 0.3) is 0 Å². The number of fused-ring (bicyclic) bond motifs is 3. The van der Waals surface area contributed by atoms with E-state index in [2.05, 4.69) is 72.4 Å². The van der Waals surface area contributed by atoms with Crippen molar-refractivity contribution in [2.24, 2.45) is 0 Å². The van der Waals surface area contributed by atoms with Crippen LogP contribution in [0.4, 0.5) is 0 Å². The highest BCUT2D eigenvalue weighted by atomic mass is 33.3. The van der Waals surface area contributed by atoms with E-state index in [0.717, 1.165) is 12.8 Å². The third-order valence-corrected chi connectivity index (χ3v) is 8.28. The van der Waals surface area contributed by atoms with Gasteiger partial charge in [0.05, 0.1) is 5.69 Å². The molecular formula is C17H19NS5. The highest BCUT2D eigenvalue weighted by Crippen LogP contribution is 2.34. The van der Waals surface area contributed by atoms with Crippen molar-refractivity contribution in [1.82, 2.24) is 4.98 Å². The Balaban J connectivity index is 0.000000338. The van der Waals surface area contributed by atoms with Gasteiger partial charge in [0.1, 0.15) is 0 Å². The van der Waals surface area contributed by atoms with Crippen LogP contribution in [0.1, 0.15) is 37.5 Å². The Labute approximate surface area is 156 Å². The Morgan fingerprint density at radius 1 is 1.00 bits per heavy atom. The molecule has 0 atom stereocenters. The maximum Gasteiger partial charge on any atom is 0.0736 e. The maximum atomic E-state index is 4.55. The average Bonchev–Trinajstić information content (AvgIpc) is 2.55. The van der Waals surface area contributed by atoms with Gasteiger partial charge in [-0.3, -0.25) is 4.98 Å². The molecule has 1 aromatic heterocycles. The van der Waals surface area contributed by atoms with E-state index in [1.807, 2.05) is 12.3 Å². The monoisotopic (exact) mass is 397 g/mol. The highest BCUT2D eigenvalue weighted by molar-refractivity contribution is 8.59. The predicted octanol–water partition coefficient (Wildman–Crippen LogP) is 4.13. The molecule has 0 saturated heterocycles. The molecule has 0 fully saturated rings. The van der Waals surface area contributed by atoms with Gasteiger partial charge in [0.15, 0.2) is 0 Å². The van der Waals surface area contributed by atoms with Crippen LogP contribution < -0.4 is 0 Å². The summed E-state index contributed by atoms with van der Waals surface area (Å²) in [5.41, 5.74) is 6.98. The first-order valence-electron chi connectivity index (χ1n) is 7.30. The first-order valence-corrected chi connectivity index (χ1v) is 12.6. The van der Waals surface area contributed by atoms with Crippen molar-refractivity contribution in [2.45, 2.75) is 39.0 Å². The van der Waals surface area contributed by atoms with Crippen LogP contribution in [-0.4, -0.2) is 4.98 Å². The van der Waals surface area contributed by atoms with Gasteiger partial charge in [-0.2, -0.15) is 0 Å². The zero-order chi connectivity index (χ0) is 16.9. The second-order valence-corrected chi connectivity index (χ2v) is 11.6. The van der Waals surface area contributed by atoms with Gasteiger partial charge < -0.3 is 0 Å². The number of nitrogens with zero attached hydrogens (tertiary/aromatic N) is 1. The number of benzene rings is 1. The van der Waals surface area contributed by atoms with E-state index in [1.165, 1.54) is 54.6 Å². The molecule has 0 saturated carbocycles. The average molecular weight is 398 g/mol. The minimum Gasteiger partial charge on any atom is -0.256 e. The van der Waals surface area contributed by atoms with Crippen molar-refractivity contribution >= 4 is 49.0 Å². The fraction of sp³-hybridized carbons (Fsp3) is 0.353. The minimum atomic E-state index is 0.222. The first-order chi connectivity index (χ1) is 11.0. The van der Waals surface area contributed by atoms with E-state index in [1.54, 1.807) is 0 Å². The molecule has 1 aliphatic rings. The van der Waals surface area contributed by atoms with Crippen molar-refractivity contribution in [1.29, 1.82) is 0 Å². The molecule has 1 nitrogen and oxygen atoms in total. The van der Waals surface area contributed by atoms with E-state index < -0.39 is 0 Å². The molecular weight excluding hydrogens is 379 g/mol. The quantitative estimate of drug-likeness (QED) is 0.663. The van der Waals surface area contributed by atoms with Crippen molar-refractivity contribution in [3.63, 3.8) is 0 Å². The summed E-state index contributed by atoms with van der Waals surface area (Å²) in [5.74, 6) is 0. The molecule has 3 rings (SSSR count). The summed E-state index contributed by atoms with van der Waals surface area (Å²) < 4.78 is 0. The number of pyridine rings is 1. The normalized spacial score (nSPS) is 12.1. The second kappa shape index (κ2) is 8.53. The lowest BCUT2D eigenvalue weighted by Crippen LogP contribution is -2.13. The Hall–Kier alpha value is -0.530. The van der Waals surface area contributed by atoms with Crippen LogP contribution in [-0.2, 0) is 67.3 Å². The first kappa shape index (κ1) is 18.8. The van der Waals surface area contributed by atoms with Crippen LogP contribution >= 0.6 is 0 Å². The Morgan fingerprint density at radius 3 is 2.30 bits per heavy atom. The van der Waals surface area contributed by atoms with E-state index in [0.29, 0.717) is 0 Å². The smallest absolute Gasteiger partial charge is 0.0736 e. The Morgan fingerprint density at radius 2 is 1.70 bits per heavy atom. The van der Waals surface area contributed by atoms with Crippen molar-refractivity contribution < 1.29 is 0 Å². The summed E-state index contributed by atoms with van der Waals surface area (Å²) in [5, 5.41) is 0. The van der Waals surface area contributed by atoms with E-state index >= 15 is 0 Å². The molecule has 0 bridgehead atoms. The molecule has 1 heterocycles. The zero-order valence-corrected chi connectivity index (χ0v) is 17.4. The third-order valence-electron chi connectivity index (χ3n) is 3.84. The molecule has 1 aromatic carbocycles. The molecule has 23 heavy (non-hydrogen) atoms. The van der Waals surface area contributed by atoms with Gasteiger partial charge >= 0.3 is 0 Å². The Kier molecular flexibility index (Phi) is 6.98. The SMILES string of the molecule is CC(C)(C)c1ccc2c(c1)CCc1cccnc1-2.S=S=S=S=S. The van der Waals surface area contributed by atoms with Gasteiger partial charge in [-0.25, -0.2) is 0 Å². The predicted molar refractivity (Wildman–Crippen MR) is 113 cm³/mol. The van der Waals surface area contributed by atoms with Crippen LogP contribution in [0, 0.1) is 0 Å².